The van der Waals surface area contributed by atoms with E-state index < -0.39 is 11.4 Å². The topological polar surface area (TPSA) is 114 Å². The van der Waals surface area contributed by atoms with Gasteiger partial charge in [0.25, 0.3) is 5.91 Å². The van der Waals surface area contributed by atoms with E-state index in [1.165, 1.54) is 6.39 Å². The van der Waals surface area contributed by atoms with Gasteiger partial charge in [-0.25, -0.2) is 4.98 Å². The molecule has 0 aliphatic heterocycles. The molecule has 0 bridgehead atoms. The lowest BCUT2D eigenvalue weighted by atomic mass is 10.0. The van der Waals surface area contributed by atoms with E-state index >= 15 is 0 Å². The maximum absolute atomic E-state index is 11.7. The Labute approximate surface area is 92.3 Å². The molecule has 0 aliphatic carbocycles. The van der Waals surface area contributed by atoms with Crippen LogP contribution in [0.4, 0.5) is 0 Å². The molecule has 0 aliphatic rings. The predicted molar refractivity (Wildman–Crippen MR) is 56.2 cm³/mol. The summed E-state index contributed by atoms with van der Waals surface area (Å²) in [7, 11) is 0. The summed E-state index contributed by atoms with van der Waals surface area (Å²) >= 11 is 0. The number of oxime groups is 1. The molecular formula is C9H14N4O3. The van der Waals surface area contributed by atoms with Gasteiger partial charge in [0.2, 0.25) is 5.76 Å². The fraction of sp³-hybridized carbons (Fsp3) is 0.444. The highest BCUT2D eigenvalue weighted by Crippen LogP contribution is 2.08. The molecule has 0 fully saturated rings. The van der Waals surface area contributed by atoms with Crippen LogP contribution in [0.2, 0.25) is 0 Å². The average molecular weight is 226 g/mol. The summed E-state index contributed by atoms with van der Waals surface area (Å²) in [6, 6.07) is 0. The third-order valence-electron chi connectivity index (χ3n) is 2.13. The van der Waals surface area contributed by atoms with Gasteiger partial charge in [0.15, 0.2) is 12.2 Å². The molecule has 0 saturated heterocycles. The quantitative estimate of drug-likeness (QED) is 0.295. The first-order chi connectivity index (χ1) is 7.38. The monoisotopic (exact) mass is 226 g/mol. The molecule has 0 saturated carbocycles. The lowest BCUT2D eigenvalue weighted by Gasteiger charge is -2.23. The molecule has 0 unspecified atom stereocenters. The van der Waals surface area contributed by atoms with Gasteiger partial charge in [-0.3, -0.25) is 4.79 Å². The minimum absolute atomic E-state index is 0.0991. The van der Waals surface area contributed by atoms with E-state index in [2.05, 4.69) is 15.5 Å². The van der Waals surface area contributed by atoms with Gasteiger partial charge >= 0.3 is 0 Å². The maximum atomic E-state index is 11.7. The van der Waals surface area contributed by atoms with Crippen molar-refractivity contribution in [2.24, 2.45) is 10.9 Å². The lowest BCUT2D eigenvalue weighted by Crippen LogP contribution is -2.53. The fourth-order valence-corrected chi connectivity index (χ4v) is 1.05. The van der Waals surface area contributed by atoms with Crippen LogP contribution in [0.15, 0.2) is 16.0 Å². The van der Waals surface area contributed by atoms with Gasteiger partial charge in [-0.05, 0) is 20.8 Å². The summed E-state index contributed by atoms with van der Waals surface area (Å²) in [5.74, 6) is -0.455. The molecule has 1 amide bonds. The van der Waals surface area contributed by atoms with E-state index in [4.69, 9.17) is 15.4 Å². The summed E-state index contributed by atoms with van der Waals surface area (Å²) in [5.41, 5.74) is 4.94. The largest absolute Gasteiger partial charge is 0.438 e. The zero-order chi connectivity index (χ0) is 12.3. The Hall–Kier alpha value is -2.05. The van der Waals surface area contributed by atoms with Crippen LogP contribution in [0.5, 0.6) is 0 Å². The molecule has 0 radical (unpaired) electrons. The van der Waals surface area contributed by atoms with Gasteiger partial charge < -0.3 is 20.7 Å². The van der Waals surface area contributed by atoms with Gasteiger partial charge in [0, 0.05) is 0 Å². The predicted octanol–water partition coefficient (Wildman–Crippen LogP) is 0.238. The number of aromatic nitrogens is 1. The highest BCUT2D eigenvalue weighted by molar-refractivity contribution is 5.98. The van der Waals surface area contributed by atoms with Crippen LogP contribution in [0.1, 0.15) is 30.1 Å². The first-order valence-electron chi connectivity index (χ1n) is 4.59. The number of amides is 1. The second kappa shape index (κ2) is 4.21. The molecule has 0 atom stereocenters. The summed E-state index contributed by atoms with van der Waals surface area (Å²) in [5, 5.41) is 14.0. The normalized spacial score (nSPS) is 12.6. The average Bonchev–Trinajstić information content (AvgIpc) is 2.62. The number of carbonyl (C=O) groups excluding carboxylic acids is 1. The van der Waals surface area contributed by atoms with Crippen LogP contribution in [0, 0.1) is 6.92 Å². The number of hydrogen-bond acceptors (Lipinski definition) is 5. The number of aryl methyl sites for hydroxylation is 1. The number of nitrogens with zero attached hydrogens (tertiary/aromatic N) is 2. The van der Waals surface area contributed by atoms with Gasteiger partial charge in [0.05, 0.1) is 11.2 Å². The zero-order valence-electron chi connectivity index (χ0n) is 9.31. The van der Waals surface area contributed by atoms with Crippen LogP contribution in [0.3, 0.4) is 0 Å². The Balaban J connectivity index is 2.84. The maximum Gasteiger partial charge on any atom is 0.289 e. The summed E-state index contributed by atoms with van der Waals surface area (Å²) < 4.78 is 4.92. The Kier molecular flexibility index (Phi) is 3.17. The minimum atomic E-state index is -0.967. The van der Waals surface area contributed by atoms with E-state index in [9.17, 15) is 4.79 Å². The molecule has 7 heteroatoms. The number of rotatable bonds is 3. The number of hydrogen-bond donors (Lipinski definition) is 3. The molecule has 0 aromatic carbocycles. The van der Waals surface area contributed by atoms with E-state index in [0.717, 1.165) is 0 Å². The zero-order valence-corrected chi connectivity index (χ0v) is 9.31. The third kappa shape index (κ3) is 2.30. The molecule has 4 N–H and O–H groups in total. The van der Waals surface area contributed by atoms with Crippen LogP contribution in [-0.2, 0) is 0 Å². The van der Waals surface area contributed by atoms with Gasteiger partial charge in [-0.1, -0.05) is 5.16 Å². The van der Waals surface area contributed by atoms with Crippen molar-refractivity contribution in [1.29, 1.82) is 0 Å². The van der Waals surface area contributed by atoms with Gasteiger partial charge in [0.1, 0.15) is 0 Å². The standard InChI is InChI=1S/C9H14N4O3/c1-5-6(16-4-11-5)7(14)12-9(2,3)8(10)13-15/h4,15H,1-3H3,(H2,10,13)(H,12,14). The summed E-state index contributed by atoms with van der Waals surface area (Å²) in [4.78, 5) is 15.5. The first-order valence-corrected chi connectivity index (χ1v) is 4.59. The molecule has 16 heavy (non-hydrogen) atoms. The Bertz CT molecular complexity index is 422. The smallest absolute Gasteiger partial charge is 0.289 e. The molecule has 1 rings (SSSR count). The van der Waals surface area contributed by atoms with Crippen molar-refractivity contribution in [2.75, 3.05) is 0 Å². The van der Waals surface area contributed by atoms with Crippen molar-refractivity contribution < 1.29 is 14.4 Å². The van der Waals surface area contributed by atoms with Crippen LogP contribution in [-0.4, -0.2) is 27.5 Å². The van der Waals surface area contributed by atoms with Crippen molar-refractivity contribution in [3.8, 4) is 0 Å². The van der Waals surface area contributed by atoms with E-state index in [-0.39, 0.29) is 11.6 Å². The molecular weight excluding hydrogens is 212 g/mol. The SMILES string of the molecule is Cc1ncoc1C(=O)NC(C)(C)C(N)=NO. The van der Waals surface area contributed by atoms with Crippen molar-refractivity contribution in [1.82, 2.24) is 10.3 Å². The highest BCUT2D eigenvalue weighted by atomic mass is 16.4. The Morgan fingerprint density at radius 1 is 1.69 bits per heavy atom. The second-order valence-electron chi connectivity index (χ2n) is 3.83. The number of amidine groups is 1. The Morgan fingerprint density at radius 2 is 2.31 bits per heavy atom. The van der Waals surface area contributed by atoms with Crippen molar-refractivity contribution in [3.05, 3.63) is 17.8 Å². The van der Waals surface area contributed by atoms with E-state index in [1.807, 2.05) is 0 Å². The third-order valence-corrected chi connectivity index (χ3v) is 2.13. The molecule has 1 aromatic heterocycles. The van der Waals surface area contributed by atoms with Crippen molar-refractivity contribution >= 4 is 11.7 Å². The number of nitrogens with two attached hydrogens (primary N) is 1. The Morgan fingerprint density at radius 3 is 2.75 bits per heavy atom. The second-order valence-corrected chi connectivity index (χ2v) is 3.83. The molecule has 7 nitrogen and oxygen atoms in total. The fourth-order valence-electron chi connectivity index (χ4n) is 1.05. The van der Waals surface area contributed by atoms with Gasteiger partial charge in [-0.2, -0.15) is 0 Å². The van der Waals surface area contributed by atoms with E-state index in [1.54, 1.807) is 20.8 Å². The summed E-state index contributed by atoms with van der Waals surface area (Å²) in [6.07, 6.45) is 1.18. The number of nitrogens with one attached hydrogen (secondary N) is 1. The van der Waals surface area contributed by atoms with E-state index in [0.29, 0.717) is 5.69 Å². The lowest BCUT2D eigenvalue weighted by molar-refractivity contribution is 0.0901. The van der Waals surface area contributed by atoms with Crippen LogP contribution < -0.4 is 11.1 Å². The molecule has 1 aromatic rings. The number of oxazole rings is 1. The van der Waals surface area contributed by atoms with Crippen LogP contribution >= 0.6 is 0 Å². The minimum Gasteiger partial charge on any atom is -0.438 e. The van der Waals surface area contributed by atoms with Crippen molar-refractivity contribution in [3.63, 3.8) is 0 Å². The first kappa shape index (κ1) is 12.0. The van der Waals surface area contributed by atoms with Crippen LogP contribution in [0.25, 0.3) is 0 Å². The molecule has 1 heterocycles. The highest BCUT2D eigenvalue weighted by Gasteiger charge is 2.28. The molecule has 0 spiro atoms. The van der Waals surface area contributed by atoms with Crippen molar-refractivity contribution in [2.45, 2.75) is 26.3 Å². The molecule has 88 valence electrons. The number of carbonyl (C=O) groups is 1. The van der Waals surface area contributed by atoms with Gasteiger partial charge in [-0.15, -0.1) is 0 Å². The summed E-state index contributed by atoms with van der Waals surface area (Å²) in [6.45, 7) is 4.85.